The number of benzene rings is 1. The molecule has 0 bridgehead atoms. The number of carbonyl (C=O) groups excluding carboxylic acids is 1. The van der Waals surface area contributed by atoms with Gasteiger partial charge in [0.2, 0.25) is 0 Å². The molecule has 4 rings (SSSR count). The molecule has 0 N–H and O–H groups in total. The highest BCUT2D eigenvalue weighted by atomic mass is 32.1. The molecule has 0 aliphatic carbocycles. The van der Waals surface area contributed by atoms with Crippen LogP contribution in [-0.4, -0.2) is 42.6 Å². The first-order valence-corrected chi connectivity index (χ1v) is 8.83. The molecule has 0 atom stereocenters. The minimum atomic E-state index is -0.198. The summed E-state index contributed by atoms with van der Waals surface area (Å²) >= 11 is 1.50. The normalized spacial score (nSPS) is 11.0. The molecule has 26 heavy (non-hydrogen) atoms. The Labute approximate surface area is 154 Å². The molecule has 0 radical (unpaired) electrons. The van der Waals surface area contributed by atoms with Crippen LogP contribution in [0.25, 0.3) is 20.9 Å². The van der Waals surface area contributed by atoms with Crippen LogP contribution in [0.3, 0.4) is 0 Å². The Balaban J connectivity index is 1.67. The minimum Gasteiger partial charge on any atom is -0.336 e. The van der Waals surface area contributed by atoms with Crippen LogP contribution in [-0.2, 0) is 13.6 Å². The Morgan fingerprint density at radius 2 is 2.04 bits per heavy atom. The van der Waals surface area contributed by atoms with E-state index in [1.54, 1.807) is 29.0 Å². The highest BCUT2D eigenvalue weighted by Gasteiger charge is 2.22. The first-order chi connectivity index (χ1) is 12.6. The summed E-state index contributed by atoms with van der Waals surface area (Å²) in [4.78, 5) is 27.8. The third-order valence-corrected chi connectivity index (χ3v) is 4.97. The lowest BCUT2D eigenvalue weighted by molar-refractivity contribution is 0.0779. The molecule has 0 spiro atoms. The number of aromatic nitrogens is 5. The van der Waals surface area contributed by atoms with Crippen molar-refractivity contribution < 1.29 is 4.79 Å². The van der Waals surface area contributed by atoms with Crippen molar-refractivity contribution in [3.05, 3.63) is 60.3 Å². The maximum Gasteiger partial charge on any atom is 0.274 e. The fourth-order valence-electron chi connectivity index (χ4n) is 2.70. The molecule has 0 fully saturated rings. The van der Waals surface area contributed by atoms with E-state index in [9.17, 15) is 4.79 Å². The van der Waals surface area contributed by atoms with Gasteiger partial charge in [-0.25, -0.2) is 15.0 Å². The van der Waals surface area contributed by atoms with Gasteiger partial charge in [-0.3, -0.25) is 9.48 Å². The van der Waals surface area contributed by atoms with Gasteiger partial charge < -0.3 is 4.90 Å². The molecule has 3 aromatic heterocycles. The van der Waals surface area contributed by atoms with Crippen LogP contribution in [0.2, 0.25) is 0 Å². The third-order valence-electron chi connectivity index (χ3n) is 3.92. The second kappa shape index (κ2) is 6.64. The van der Waals surface area contributed by atoms with Crippen molar-refractivity contribution in [3.8, 4) is 10.7 Å². The van der Waals surface area contributed by atoms with E-state index in [1.807, 2.05) is 37.5 Å². The van der Waals surface area contributed by atoms with Crippen molar-refractivity contribution in [2.45, 2.75) is 6.54 Å². The SMILES string of the molecule is CN(Cc1cnn(C)c1)C(=O)c1nccnc1-c1nc2ccccc2s1. The van der Waals surface area contributed by atoms with E-state index in [1.165, 1.54) is 17.5 Å². The van der Waals surface area contributed by atoms with Crippen molar-refractivity contribution in [2.75, 3.05) is 7.05 Å². The summed E-state index contributed by atoms with van der Waals surface area (Å²) < 4.78 is 2.76. The summed E-state index contributed by atoms with van der Waals surface area (Å²) in [6, 6.07) is 7.86. The second-order valence-corrected chi connectivity index (χ2v) is 6.95. The highest BCUT2D eigenvalue weighted by molar-refractivity contribution is 7.21. The molecular weight excluding hydrogens is 348 g/mol. The first-order valence-electron chi connectivity index (χ1n) is 8.02. The summed E-state index contributed by atoms with van der Waals surface area (Å²) in [6.07, 6.45) is 6.74. The molecule has 0 aliphatic heterocycles. The highest BCUT2D eigenvalue weighted by Crippen LogP contribution is 2.30. The molecule has 0 unspecified atom stereocenters. The van der Waals surface area contributed by atoms with E-state index in [2.05, 4.69) is 20.1 Å². The van der Waals surface area contributed by atoms with Crippen molar-refractivity contribution in [1.29, 1.82) is 0 Å². The van der Waals surface area contributed by atoms with Crippen LogP contribution in [0.5, 0.6) is 0 Å². The fraction of sp³-hybridized carbons (Fsp3) is 0.167. The van der Waals surface area contributed by atoms with Gasteiger partial charge in [0.25, 0.3) is 5.91 Å². The summed E-state index contributed by atoms with van der Waals surface area (Å²) in [6.45, 7) is 0.447. The number of hydrogen-bond donors (Lipinski definition) is 0. The predicted molar refractivity (Wildman–Crippen MR) is 99.7 cm³/mol. The number of fused-ring (bicyclic) bond motifs is 1. The van der Waals surface area contributed by atoms with Gasteiger partial charge in [0.15, 0.2) is 5.69 Å². The summed E-state index contributed by atoms with van der Waals surface area (Å²) in [7, 11) is 3.59. The third kappa shape index (κ3) is 3.06. The number of aryl methyl sites for hydroxylation is 1. The van der Waals surface area contributed by atoms with Gasteiger partial charge in [0.05, 0.1) is 16.4 Å². The summed E-state index contributed by atoms with van der Waals surface area (Å²) in [5.41, 5.74) is 2.66. The van der Waals surface area contributed by atoms with E-state index in [4.69, 9.17) is 0 Å². The molecule has 0 aliphatic rings. The number of nitrogens with zero attached hydrogens (tertiary/aromatic N) is 6. The van der Waals surface area contributed by atoms with Crippen LogP contribution in [0.15, 0.2) is 49.1 Å². The van der Waals surface area contributed by atoms with Crippen LogP contribution >= 0.6 is 11.3 Å². The molecular formula is C18H16N6OS. The summed E-state index contributed by atoms with van der Waals surface area (Å²) in [5.74, 6) is -0.198. The molecule has 0 saturated carbocycles. The second-order valence-electron chi connectivity index (χ2n) is 5.92. The Hall–Kier alpha value is -3.13. The average molecular weight is 364 g/mol. The molecule has 1 aromatic carbocycles. The van der Waals surface area contributed by atoms with Gasteiger partial charge in [-0.2, -0.15) is 5.10 Å². The number of hydrogen-bond acceptors (Lipinski definition) is 6. The Morgan fingerprint density at radius 3 is 2.81 bits per heavy atom. The number of para-hydroxylation sites is 1. The minimum absolute atomic E-state index is 0.198. The first kappa shape index (κ1) is 16.3. The van der Waals surface area contributed by atoms with Gasteiger partial charge in [0.1, 0.15) is 10.7 Å². The molecule has 4 aromatic rings. The topological polar surface area (TPSA) is 76.8 Å². The van der Waals surface area contributed by atoms with Gasteiger partial charge in [-0.15, -0.1) is 11.3 Å². The van der Waals surface area contributed by atoms with Crippen LogP contribution in [0.1, 0.15) is 16.1 Å². The van der Waals surface area contributed by atoms with Crippen LogP contribution in [0.4, 0.5) is 0 Å². The quantitative estimate of drug-likeness (QED) is 0.556. The zero-order valence-corrected chi connectivity index (χ0v) is 15.1. The van der Waals surface area contributed by atoms with E-state index in [0.717, 1.165) is 15.8 Å². The van der Waals surface area contributed by atoms with E-state index >= 15 is 0 Å². The maximum atomic E-state index is 12.9. The number of carbonyl (C=O) groups is 1. The number of thiazole rings is 1. The average Bonchev–Trinajstić information content (AvgIpc) is 3.26. The Kier molecular flexibility index (Phi) is 4.18. The van der Waals surface area contributed by atoms with E-state index < -0.39 is 0 Å². The van der Waals surface area contributed by atoms with Crippen LogP contribution in [0, 0.1) is 0 Å². The van der Waals surface area contributed by atoms with E-state index in [0.29, 0.717) is 22.9 Å². The van der Waals surface area contributed by atoms with Crippen molar-refractivity contribution >= 4 is 27.5 Å². The smallest absolute Gasteiger partial charge is 0.274 e. The molecule has 1 amide bonds. The van der Waals surface area contributed by atoms with Gasteiger partial charge in [0, 0.05) is 44.8 Å². The monoisotopic (exact) mass is 364 g/mol. The molecule has 0 saturated heterocycles. The Morgan fingerprint density at radius 1 is 1.23 bits per heavy atom. The number of rotatable bonds is 4. The van der Waals surface area contributed by atoms with Crippen molar-refractivity contribution in [1.82, 2.24) is 29.6 Å². The predicted octanol–water partition coefficient (Wildman–Crippen LogP) is 2.76. The lowest BCUT2D eigenvalue weighted by Crippen LogP contribution is -2.27. The maximum absolute atomic E-state index is 12.9. The van der Waals surface area contributed by atoms with Gasteiger partial charge in [-0.1, -0.05) is 12.1 Å². The largest absolute Gasteiger partial charge is 0.336 e. The molecule has 8 heteroatoms. The fourth-order valence-corrected chi connectivity index (χ4v) is 3.67. The molecule has 130 valence electrons. The summed E-state index contributed by atoms with van der Waals surface area (Å²) in [5, 5.41) is 4.83. The van der Waals surface area contributed by atoms with Gasteiger partial charge in [-0.05, 0) is 12.1 Å². The van der Waals surface area contributed by atoms with Gasteiger partial charge >= 0.3 is 0 Å². The van der Waals surface area contributed by atoms with Crippen molar-refractivity contribution in [2.24, 2.45) is 7.05 Å². The standard InChI is InChI=1S/C18H16N6OS/c1-23(10-12-9-21-24(2)11-12)18(25)16-15(19-7-8-20-16)17-22-13-5-3-4-6-14(13)26-17/h3-9,11H,10H2,1-2H3. The number of amides is 1. The van der Waals surface area contributed by atoms with Crippen molar-refractivity contribution in [3.63, 3.8) is 0 Å². The molecule has 3 heterocycles. The zero-order valence-electron chi connectivity index (χ0n) is 14.3. The van der Waals surface area contributed by atoms with Crippen LogP contribution < -0.4 is 0 Å². The lowest BCUT2D eigenvalue weighted by Gasteiger charge is -2.16. The van der Waals surface area contributed by atoms with E-state index in [-0.39, 0.29) is 5.91 Å². The zero-order chi connectivity index (χ0) is 18.1. The lowest BCUT2D eigenvalue weighted by atomic mass is 10.2. The molecule has 7 nitrogen and oxygen atoms in total. The Bertz CT molecular complexity index is 1050.